The van der Waals surface area contributed by atoms with Gasteiger partial charge in [0.2, 0.25) is 0 Å². The SMILES string of the molecule is CC(O)CO.CCCCCC(CC)OC(CC)CCCCC. The summed E-state index contributed by atoms with van der Waals surface area (Å²) in [6.07, 6.45) is 13.3. The van der Waals surface area contributed by atoms with Crippen LogP contribution in [0.3, 0.4) is 0 Å². The zero-order valence-electron chi connectivity index (χ0n) is 15.8. The molecule has 0 aromatic carbocycles. The third-order valence-electron chi connectivity index (χ3n) is 3.82. The largest absolute Gasteiger partial charge is 0.394 e. The maximum absolute atomic E-state index is 8.11. The number of aliphatic hydroxyl groups is 2. The van der Waals surface area contributed by atoms with Crippen molar-refractivity contribution in [2.24, 2.45) is 0 Å². The highest BCUT2D eigenvalue weighted by atomic mass is 16.5. The predicted octanol–water partition coefficient (Wildman–Crippen LogP) is 5.08. The van der Waals surface area contributed by atoms with Crippen molar-refractivity contribution in [2.75, 3.05) is 6.61 Å². The molecule has 0 saturated carbocycles. The molecule has 0 aliphatic rings. The van der Waals surface area contributed by atoms with Crippen LogP contribution in [-0.4, -0.2) is 35.1 Å². The van der Waals surface area contributed by atoms with Gasteiger partial charge in [0.25, 0.3) is 0 Å². The number of aliphatic hydroxyl groups excluding tert-OH is 2. The normalized spacial score (nSPS) is 14.9. The minimum absolute atomic E-state index is 0.139. The van der Waals surface area contributed by atoms with Crippen molar-refractivity contribution in [3.63, 3.8) is 0 Å². The van der Waals surface area contributed by atoms with Crippen molar-refractivity contribution in [3.8, 4) is 0 Å². The van der Waals surface area contributed by atoms with E-state index in [0.29, 0.717) is 12.2 Å². The number of rotatable bonds is 13. The van der Waals surface area contributed by atoms with Gasteiger partial charge in [0.05, 0.1) is 24.9 Å². The Hall–Kier alpha value is -0.120. The molecule has 0 aliphatic heterocycles. The van der Waals surface area contributed by atoms with Crippen molar-refractivity contribution >= 4 is 0 Å². The molecule has 3 unspecified atom stereocenters. The Labute approximate surface area is 139 Å². The zero-order valence-corrected chi connectivity index (χ0v) is 15.8. The summed E-state index contributed by atoms with van der Waals surface area (Å²) in [7, 11) is 0. The highest BCUT2D eigenvalue weighted by Gasteiger charge is 2.13. The molecular formula is C19H42O3. The van der Waals surface area contributed by atoms with Crippen molar-refractivity contribution in [2.45, 2.75) is 117 Å². The van der Waals surface area contributed by atoms with Crippen molar-refractivity contribution in [3.05, 3.63) is 0 Å². The fourth-order valence-corrected chi connectivity index (χ4v) is 2.25. The van der Waals surface area contributed by atoms with Gasteiger partial charge in [-0.3, -0.25) is 0 Å². The standard InChI is InChI=1S/C16H34O.C3H8O2/c1-5-9-11-13-15(7-3)17-16(8-4)14-12-10-6-2;1-3(5)2-4/h15-16H,5-14H2,1-4H3;3-5H,2H2,1H3. The molecule has 0 spiro atoms. The Morgan fingerprint density at radius 1 is 0.773 bits per heavy atom. The summed E-state index contributed by atoms with van der Waals surface area (Å²) < 4.78 is 6.24. The third-order valence-corrected chi connectivity index (χ3v) is 3.82. The minimum atomic E-state index is -0.560. The topological polar surface area (TPSA) is 49.7 Å². The van der Waals surface area contributed by atoms with Gasteiger partial charge in [0.1, 0.15) is 0 Å². The maximum Gasteiger partial charge on any atom is 0.0742 e. The van der Waals surface area contributed by atoms with Gasteiger partial charge in [-0.1, -0.05) is 66.2 Å². The lowest BCUT2D eigenvalue weighted by molar-refractivity contribution is -0.0256. The van der Waals surface area contributed by atoms with Crippen LogP contribution in [-0.2, 0) is 4.74 Å². The molecule has 0 radical (unpaired) electrons. The van der Waals surface area contributed by atoms with Crippen LogP contribution in [0.15, 0.2) is 0 Å². The van der Waals surface area contributed by atoms with E-state index in [1.54, 1.807) is 0 Å². The summed E-state index contributed by atoms with van der Waals surface area (Å²) in [6, 6.07) is 0. The van der Waals surface area contributed by atoms with Crippen LogP contribution >= 0.6 is 0 Å². The Kier molecular flexibility index (Phi) is 20.8. The summed E-state index contributed by atoms with van der Waals surface area (Å²) in [4.78, 5) is 0. The first kappa shape index (κ1) is 24.1. The maximum atomic E-state index is 8.11. The van der Waals surface area contributed by atoms with Crippen LogP contribution < -0.4 is 0 Å². The van der Waals surface area contributed by atoms with Crippen LogP contribution in [0, 0.1) is 0 Å². The average Bonchev–Trinajstić information content (AvgIpc) is 2.53. The monoisotopic (exact) mass is 318 g/mol. The average molecular weight is 319 g/mol. The molecule has 3 atom stereocenters. The van der Waals surface area contributed by atoms with Gasteiger partial charge >= 0.3 is 0 Å². The molecule has 0 amide bonds. The van der Waals surface area contributed by atoms with Crippen LogP contribution in [0.1, 0.15) is 98.8 Å². The number of hydrogen-bond acceptors (Lipinski definition) is 3. The van der Waals surface area contributed by atoms with E-state index < -0.39 is 6.10 Å². The second-order valence-corrected chi connectivity index (χ2v) is 6.22. The second-order valence-electron chi connectivity index (χ2n) is 6.22. The molecule has 0 aromatic heterocycles. The first-order valence-electron chi connectivity index (χ1n) is 9.49. The third kappa shape index (κ3) is 17.9. The molecule has 0 aromatic rings. The molecule has 0 bridgehead atoms. The van der Waals surface area contributed by atoms with Crippen molar-refractivity contribution < 1.29 is 14.9 Å². The molecule has 0 rings (SSSR count). The van der Waals surface area contributed by atoms with Gasteiger partial charge in [-0.05, 0) is 32.6 Å². The number of unbranched alkanes of at least 4 members (excludes halogenated alkanes) is 4. The molecule has 0 saturated heterocycles. The molecule has 0 fully saturated rings. The molecular weight excluding hydrogens is 276 g/mol. The first-order valence-corrected chi connectivity index (χ1v) is 9.49. The fourth-order valence-electron chi connectivity index (χ4n) is 2.25. The van der Waals surface area contributed by atoms with Crippen molar-refractivity contribution in [1.82, 2.24) is 0 Å². The summed E-state index contributed by atoms with van der Waals surface area (Å²) in [6.45, 7) is 10.4. The summed E-state index contributed by atoms with van der Waals surface area (Å²) in [5.74, 6) is 0. The van der Waals surface area contributed by atoms with Crippen LogP contribution in [0.4, 0.5) is 0 Å². The van der Waals surface area contributed by atoms with Crippen molar-refractivity contribution in [1.29, 1.82) is 0 Å². The molecule has 136 valence electrons. The van der Waals surface area contributed by atoms with Gasteiger partial charge in [-0.15, -0.1) is 0 Å². The summed E-state index contributed by atoms with van der Waals surface area (Å²) in [5, 5.41) is 16.0. The van der Waals surface area contributed by atoms with Gasteiger partial charge < -0.3 is 14.9 Å². The van der Waals surface area contributed by atoms with Crippen LogP contribution in [0.25, 0.3) is 0 Å². The molecule has 0 heterocycles. The predicted molar refractivity (Wildman–Crippen MR) is 96.3 cm³/mol. The minimum Gasteiger partial charge on any atom is -0.394 e. The van der Waals surface area contributed by atoms with Crippen LogP contribution in [0.2, 0.25) is 0 Å². The van der Waals surface area contributed by atoms with E-state index in [1.807, 2.05) is 0 Å². The highest BCUT2D eigenvalue weighted by Crippen LogP contribution is 2.17. The number of ether oxygens (including phenoxy) is 1. The van der Waals surface area contributed by atoms with E-state index in [9.17, 15) is 0 Å². The van der Waals surface area contributed by atoms with E-state index in [1.165, 1.54) is 71.1 Å². The fraction of sp³-hybridized carbons (Fsp3) is 1.00. The van der Waals surface area contributed by atoms with E-state index in [-0.39, 0.29) is 6.61 Å². The lowest BCUT2D eigenvalue weighted by atomic mass is 10.1. The summed E-state index contributed by atoms with van der Waals surface area (Å²) >= 11 is 0. The van der Waals surface area contributed by atoms with Gasteiger partial charge in [-0.25, -0.2) is 0 Å². The Morgan fingerprint density at radius 3 is 1.36 bits per heavy atom. The Bertz CT molecular complexity index is 179. The lowest BCUT2D eigenvalue weighted by Gasteiger charge is -2.23. The van der Waals surface area contributed by atoms with Crippen LogP contribution in [0.5, 0.6) is 0 Å². The molecule has 3 heteroatoms. The van der Waals surface area contributed by atoms with Gasteiger partial charge in [0.15, 0.2) is 0 Å². The van der Waals surface area contributed by atoms with Gasteiger partial charge in [0, 0.05) is 0 Å². The van der Waals surface area contributed by atoms with Gasteiger partial charge in [-0.2, -0.15) is 0 Å². The lowest BCUT2D eigenvalue weighted by Crippen LogP contribution is -2.21. The Balaban J connectivity index is 0. The zero-order chi connectivity index (χ0) is 17.2. The van der Waals surface area contributed by atoms with E-state index in [4.69, 9.17) is 14.9 Å². The highest BCUT2D eigenvalue weighted by molar-refractivity contribution is 4.62. The number of hydrogen-bond donors (Lipinski definition) is 2. The molecule has 22 heavy (non-hydrogen) atoms. The van der Waals surface area contributed by atoms with E-state index >= 15 is 0 Å². The quantitative estimate of drug-likeness (QED) is 0.466. The van der Waals surface area contributed by atoms with E-state index in [0.717, 1.165) is 0 Å². The van der Waals surface area contributed by atoms with E-state index in [2.05, 4.69) is 27.7 Å². The molecule has 0 aliphatic carbocycles. The second kappa shape index (κ2) is 18.9. The molecule has 2 N–H and O–H groups in total. The molecule has 3 nitrogen and oxygen atoms in total. The summed E-state index contributed by atoms with van der Waals surface area (Å²) in [5.41, 5.74) is 0. The Morgan fingerprint density at radius 2 is 1.14 bits per heavy atom. The smallest absolute Gasteiger partial charge is 0.0742 e. The first-order chi connectivity index (χ1) is 10.5.